The third-order valence-corrected chi connectivity index (χ3v) is 6.84. The number of amides is 1. The summed E-state index contributed by atoms with van der Waals surface area (Å²) < 4.78 is 38.1. The van der Waals surface area contributed by atoms with Gasteiger partial charge in [0.05, 0.1) is 30.8 Å². The van der Waals surface area contributed by atoms with Gasteiger partial charge in [0.2, 0.25) is 15.9 Å². The zero-order chi connectivity index (χ0) is 23.1. The number of hydrogen-bond donors (Lipinski definition) is 2. The molecule has 0 radical (unpaired) electrons. The van der Waals surface area contributed by atoms with Crippen LogP contribution in [0.5, 0.6) is 5.75 Å². The fraction of sp³-hybridized carbons (Fsp3) is 0.435. The van der Waals surface area contributed by atoms with Crippen molar-refractivity contribution in [2.75, 3.05) is 26.8 Å². The summed E-state index contributed by atoms with van der Waals surface area (Å²) in [5.74, 6) is 0.162. The molecule has 1 saturated heterocycles. The molecule has 9 heteroatoms. The monoisotopic (exact) mass is 461 g/mol. The van der Waals surface area contributed by atoms with E-state index < -0.39 is 22.0 Å². The van der Waals surface area contributed by atoms with Crippen molar-refractivity contribution < 1.29 is 22.7 Å². The van der Waals surface area contributed by atoms with Crippen molar-refractivity contribution in [3.8, 4) is 5.75 Å². The molecule has 0 aliphatic carbocycles. The number of rotatable bonds is 9. The van der Waals surface area contributed by atoms with Gasteiger partial charge >= 0.3 is 0 Å². The lowest BCUT2D eigenvalue weighted by atomic mass is 10.1. The molecule has 32 heavy (non-hydrogen) atoms. The van der Waals surface area contributed by atoms with Crippen LogP contribution in [-0.2, 0) is 32.6 Å². The van der Waals surface area contributed by atoms with Crippen LogP contribution in [0.25, 0.3) is 0 Å². The van der Waals surface area contributed by atoms with E-state index >= 15 is 0 Å². The maximum Gasteiger partial charge on any atom is 0.241 e. The Bertz CT molecular complexity index is 1010. The van der Waals surface area contributed by atoms with Crippen molar-refractivity contribution in [2.24, 2.45) is 0 Å². The van der Waals surface area contributed by atoms with Gasteiger partial charge < -0.3 is 14.8 Å². The summed E-state index contributed by atoms with van der Waals surface area (Å²) in [6.07, 6.45) is 0.231. The van der Waals surface area contributed by atoms with Gasteiger partial charge in [-0.05, 0) is 49.2 Å². The Morgan fingerprint density at radius 2 is 1.94 bits per heavy atom. The highest BCUT2D eigenvalue weighted by Crippen LogP contribution is 2.16. The van der Waals surface area contributed by atoms with Crippen LogP contribution in [0.3, 0.4) is 0 Å². The van der Waals surface area contributed by atoms with E-state index in [2.05, 4.69) is 34.0 Å². The first kappa shape index (κ1) is 24.2. The maximum atomic E-state index is 12.5. The number of hydrogen-bond acceptors (Lipinski definition) is 6. The van der Waals surface area contributed by atoms with Crippen LogP contribution >= 0.6 is 0 Å². The van der Waals surface area contributed by atoms with Crippen molar-refractivity contribution in [2.45, 2.75) is 44.0 Å². The second-order valence-electron chi connectivity index (χ2n) is 7.97. The molecule has 174 valence electrons. The molecule has 0 aromatic heterocycles. The first-order valence-corrected chi connectivity index (χ1v) is 12.1. The van der Waals surface area contributed by atoms with Crippen molar-refractivity contribution >= 4 is 15.9 Å². The normalized spacial score (nSPS) is 18.2. The minimum Gasteiger partial charge on any atom is -0.497 e. The molecule has 1 amide bonds. The molecule has 3 rings (SSSR count). The van der Waals surface area contributed by atoms with Gasteiger partial charge in [-0.2, -0.15) is 4.72 Å². The summed E-state index contributed by atoms with van der Waals surface area (Å²) >= 11 is 0. The summed E-state index contributed by atoms with van der Waals surface area (Å²) in [7, 11) is -2.32. The predicted molar refractivity (Wildman–Crippen MR) is 122 cm³/mol. The quantitative estimate of drug-likeness (QED) is 0.592. The molecule has 1 heterocycles. The number of morpholine rings is 1. The van der Waals surface area contributed by atoms with E-state index in [1.54, 1.807) is 12.1 Å². The number of nitrogens with zero attached hydrogens (tertiary/aromatic N) is 1. The van der Waals surface area contributed by atoms with Crippen molar-refractivity contribution in [1.82, 2.24) is 14.9 Å². The van der Waals surface area contributed by atoms with Crippen LogP contribution in [0.4, 0.5) is 0 Å². The van der Waals surface area contributed by atoms with Crippen LogP contribution < -0.4 is 14.8 Å². The summed E-state index contributed by atoms with van der Waals surface area (Å²) in [6, 6.07) is 13.1. The molecular formula is C23H31N3O5S. The highest BCUT2D eigenvalue weighted by Gasteiger charge is 2.22. The summed E-state index contributed by atoms with van der Waals surface area (Å²) in [5, 5.41) is 2.81. The third kappa shape index (κ3) is 6.77. The number of methoxy groups -OCH3 is 1. The number of nitrogens with one attached hydrogen (secondary N) is 2. The lowest BCUT2D eigenvalue weighted by Crippen LogP contribution is -2.44. The van der Waals surface area contributed by atoms with Gasteiger partial charge in [-0.3, -0.25) is 9.69 Å². The Morgan fingerprint density at radius 3 is 2.62 bits per heavy atom. The fourth-order valence-electron chi connectivity index (χ4n) is 3.58. The smallest absolute Gasteiger partial charge is 0.241 e. The van der Waals surface area contributed by atoms with E-state index in [4.69, 9.17) is 9.47 Å². The Balaban J connectivity index is 1.53. The Morgan fingerprint density at radius 1 is 1.22 bits per heavy atom. The molecular weight excluding hydrogens is 430 g/mol. The van der Waals surface area contributed by atoms with Gasteiger partial charge in [0.1, 0.15) is 5.75 Å². The average molecular weight is 462 g/mol. The van der Waals surface area contributed by atoms with Gasteiger partial charge in [0, 0.05) is 26.2 Å². The standard InChI is InChI=1S/C23H31N3O5S/c1-17-15-26(11-12-31-17)16-20-6-4-5-19(13-20)14-24-23(27)18(2)25-32(28,29)22-9-7-21(30-3)8-10-22/h4-10,13,17-18,25H,11-12,14-16H2,1-3H3,(H,24,27)/t17?,18-/m0/s1. The van der Waals surface area contributed by atoms with Crippen molar-refractivity contribution in [1.29, 1.82) is 0 Å². The molecule has 1 fully saturated rings. The van der Waals surface area contributed by atoms with E-state index in [1.807, 2.05) is 12.1 Å². The predicted octanol–water partition coefficient (Wildman–Crippen LogP) is 1.90. The lowest BCUT2D eigenvalue weighted by molar-refractivity contribution is -0.122. The lowest BCUT2D eigenvalue weighted by Gasteiger charge is -2.31. The van der Waals surface area contributed by atoms with Gasteiger partial charge in [0.25, 0.3) is 0 Å². The van der Waals surface area contributed by atoms with Crippen LogP contribution in [0.2, 0.25) is 0 Å². The average Bonchev–Trinajstić information content (AvgIpc) is 2.77. The van der Waals surface area contributed by atoms with Crippen LogP contribution in [-0.4, -0.2) is 58.2 Å². The van der Waals surface area contributed by atoms with Gasteiger partial charge in [-0.15, -0.1) is 0 Å². The van der Waals surface area contributed by atoms with Gasteiger partial charge in [-0.25, -0.2) is 8.42 Å². The zero-order valence-corrected chi connectivity index (χ0v) is 19.5. The minimum atomic E-state index is -3.82. The topological polar surface area (TPSA) is 97.0 Å². The summed E-state index contributed by atoms with van der Waals surface area (Å²) in [5.41, 5.74) is 2.13. The van der Waals surface area contributed by atoms with Crippen LogP contribution in [0.1, 0.15) is 25.0 Å². The largest absolute Gasteiger partial charge is 0.497 e. The van der Waals surface area contributed by atoms with Crippen LogP contribution in [0.15, 0.2) is 53.4 Å². The number of sulfonamides is 1. The van der Waals surface area contributed by atoms with Crippen molar-refractivity contribution in [3.63, 3.8) is 0 Å². The number of ether oxygens (including phenoxy) is 2. The third-order valence-electron chi connectivity index (χ3n) is 5.28. The maximum absolute atomic E-state index is 12.5. The first-order valence-electron chi connectivity index (χ1n) is 10.6. The molecule has 1 unspecified atom stereocenters. The second kappa shape index (κ2) is 10.9. The molecule has 1 aliphatic heterocycles. The highest BCUT2D eigenvalue weighted by atomic mass is 32.2. The summed E-state index contributed by atoms with van der Waals surface area (Å²) in [6.45, 7) is 7.27. The second-order valence-corrected chi connectivity index (χ2v) is 9.69. The molecule has 2 atom stereocenters. The molecule has 0 bridgehead atoms. The molecule has 2 aromatic carbocycles. The fourth-order valence-corrected chi connectivity index (χ4v) is 4.78. The van der Waals surface area contributed by atoms with Crippen LogP contribution in [0, 0.1) is 0 Å². The minimum absolute atomic E-state index is 0.0723. The van der Waals surface area contributed by atoms with E-state index in [1.165, 1.54) is 31.7 Å². The van der Waals surface area contributed by atoms with Gasteiger partial charge in [0.15, 0.2) is 0 Å². The first-order chi connectivity index (χ1) is 15.3. The molecule has 0 spiro atoms. The van der Waals surface area contributed by atoms with Crippen molar-refractivity contribution in [3.05, 3.63) is 59.7 Å². The van der Waals surface area contributed by atoms with E-state index in [9.17, 15) is 13.2 Å². The van der Waals surface area contributed by atoms with Gasteiger partial charge in [-0.1, -0.05) is 24.3 Å². The highest BCUT2D eigenvalue weighted by molar-refractivity contribution is 7.89. The summed E-state index contributed by atoms with van der Waals surface area (Å²) in [4.78, 5) is 14.9. The molecule has 2 N–H and O–H groups in total. The Hall–Kier alpha value is -2.46. The molecule has 1 aliphatic rings. The number of carbonyl (C=O) groups is 1. The Labute approximate surface area is 190 Å². The molecule has 2 aromatic rings. The van der Waals surface area contributed by atoms with E-state index in [0.29, 0.717) is 12.3 Å². The SMILES string of the molecule is COc1ccc(S(=O)(=O)N[C@@H](C)C(=O)NCc2cccc(CN3CCOC(C)C3)c2)cc1. The van der Waals surface area contributed by atoms with E-state index in [-0.39, 0.29) is 11.0 Å². The zero-order valence-electron chi connectivity index (χ0n) is 18.7. The Kier molecular flexibility index (Phi) is 8.25. The van der Waals surface area contributed by atoms with E-state index in [0.717, 1.165) is 31.8 Å². The number of benzene rings is 2. The number of carbonyl (C=O) groups excluding carboxylic acids is 1. The molecule has 0 saturated carbocycles. The molecule has 8 nitrogen and oxygen atoms in total.